The molecule has 1 atom stereocenters. The number of ether oxygens (including phenoxy) is 1. The van der Waals surface area contributed by atoms with Crippen LogP contribution in [0.1, 0.15) is 25.1 Å². The predicted molar refractivity (Wildman–Crippen MR) is 75.1 cm³/mol. The van der Waals surface area contributed by atoms with Crippen molar-refractivity contribution in [1.82, 2.24) is 9.27 Å². The molecule has 1 fully saturated rings. The fourth-order valence-corrected chi connectivity index (χ4v) is 3.64. The molecule has 8 heteroatoms. The third-order valence-electron chi connectivity index (χ3n) is 4.10. The maximum absolute atomic E-state index is 13.0. The van der Waals surface area contributed by atoms with E-state index in [1.807, 2.05) is 4.90 Å². The molecule has 3 rings (SSSR count). The molecule has 0 spiro atoms. The first-order chi connectivity index (χ1) is 9.88. The number of hydrogen-bond donors (Lipinski definition) is 0. The van der Waals surface area contributed by atoms with Crippen LogP contribution in [0.25, 0.3) is 0 Å². The zero-order chi connectivity index (χ0) is 15.2. The van der Waals surface area contributed by atoms with E-state index in [4.69, 9.17) is 4.74 Å². The van der Waals surface area contributed by atoms with E-state index in [0.717, 1.165) is 19.5 Å². The molecule has 0 aromatic carbocycles. The molecular weight excluding hydrogens is 303 g/mol. The Morgan fingerprint density at radius 2 is 2.10 bits per heavy atom. The molecule has 4 nitrogen and oxygen atoms in total. The monoisotopic (exact) mass is 321 g/mol. The van der Waals surface area contributed by atoms with E-state index in [1.54, 1.807) is 0 Å². The number of piperazine rings is 1. The third-order valence-corrected chi connectivity index (χ3v) is 4.97. The van der Waals surface area contributed by atoms with Gasteiger partial charge in [-0.25, -0.2) is 0 Å². The largest absolute Gasteiger partial charge is 0.488 e. The second-order valence-electron chi connectivity index (χ2n) is 5.74. The molecule has 1 aromatic heterocycles. The zero-order valence-corrected chi connectivity index (χ0v) is 12.8. The molecule has 1 aromatic rings. The third kappa shape index (κ3) is 2.70. The highest BCUT2D eigenvalue weighted by Gasteiger charge is 2.42. The van der Waals surface area contributed by atoms with E-state index >= 15 is 0 Å². The van der Waals surface area contributed by atoms with Gasteiger partial charge in [-0.15, -0.1) is 0 Å². The molecule has 0 bridgehead atoms. The second-order valence-corrected chi connectivity index (χ2v) is 6.51. The summed E-state index contributed by atoms with van der Waals surface area (Å²) in [7, 11) is 0. The molecule has 2 aliphatic heterocycles. The van der Waals surface area contributed by atoms with Gasteiger partial charge in [0.05, 0.1) is 6.61 Å². The van der Waals surface area contributed by atoms with Gasteiger partial charge in [0.1, 0.15) is 0 Å². The summed E-state index contributed by atoms with van der Waals surface area (Å²) in [4.78, 5) is 3.63. The summed E-state index contributed by atoms with van der Waals surface area (Å²) >= 11 is 0.489. The van der Waals surface area contributed by atoms with Crippen molar-refractivity contribution < 1.29 is 17.9 Å². The number of nitrogens with zero attached hydrogens (tertiary/aromatic N) is 3. The number of halogens is 3. The summed E-state index contributed by atoms with van der Waals surface area (Å²) in [5.41, 5.74) is 0. The first kappa shape index (κ1) is 14.9. The van der Waals surface area contributed by atoms with Gasteiger partial charge in [-0.05, 0) is 25.4 Å². The Hall–Kier alpha value is -1.02. The quantitative estimate of drug-likeness (QED) is 0.795. The Labute approximate surface area is 125 Å². The first-order valence-corrected chi connectivity index (χ1v) is 7.85. The van der Waals surface area contributed by atoms with Crippen LogP contribution in [0.4, 0.5) is 19.0 Å². The van der Waals surface area contributed by atoms with Crippen molar-refractivity contribution in [2.75, 3.05) is 31.1 Å². The van der Waals surface area contributed by atoms with E-state index < -0.39 is 11.1 Å². The highest BCUT2D eigenvalue weighted by molar-refractivity contribution is 7.06. The van der Waals surface area contributed by atoms with Crippen molar-refractivity contribution in [2.24, 2.45) is 0 Å². The number of anilines is 1. The lowest BCUT2D eigenvalue weighted by molar-refractivity contribution is -0.135. The molecule has 0 N–H and O–H groups in total. The maximum atomic E-state index is 13.0. The summed E-state index contributed by atoms with van der Waals surface area (Å²) in [6.07, 6.45) is -3.67. The van der Waals surface area contributed by atoms with E-state index in [1.165, 1.54) is 0 Å². The normalized spacial score (nSPS) is 23.5. The smallest absolute Gasteiger partial charge is 0.430 e. The van der Waals surface area contributed by atoms with Gasteiger partial charge in [0.25, 0.3) is 0 Å². The first-order valence-electron chi connectivity index (χ1n) is 7.08. The Morgan fingerprint density at radius 1 is 1.33 bits per heavy atom. The van der Waals surface area contributed by atoms with E-state index in [2.05, 4.69) is 23.1 Å². The lowest BCUT2D eigenvalue weighted by atomic mass is 10.1. The van der Waals surface area contributed by atoms with Crippen molar-refractivity contribution in [3.63, 3.8) is 0 Å². The number of aromatic nitrogens is 1. The van der Waals surface area contributed by atoms with E-state index in [9.17, 15) is 13.2 Å². The minimum Gasteiger partial charge on any atom is -0.488 e. The highest BCUT2D eigenvalue weighted by Crippen LogP contribution is 2.46. The van der Waals surface area contributed by atoms with Gasteiger partial charge in [0.15, 0.2) is 16.4 Å². The van der Waals surface area contributed by atoms with Crippen LogP contribution in [0, 0.1) is 0 Å². The Bertz CT molecular complexity index is 517. The number of alkyl halides is 3. The van der Waals surface area contributed by atoms with Gasteiger partial charge in [0.2, 0.25) is 0 Å². The molecule has 3 heterocycles. The molecule has 0 aliphatic carbocycles. The fourth-order valence-electron chi connectivity index (χ4n) is 2.94. The predicted octanol–water partition coefficient (Wildman–Crippen LogP) is 2.84. The van der Waals surface area contributed by atoms with Crippen LogP contribution in [-0.2, 0) is 6.18 Å². The van der Waals surface area contributed by atoms with Crippen molar-refractivity contribution in [2.45, 2.75) is 38.5 Å². The van der Waals surface area contributed by atoms with Crippen LogP contribution in [0.5, 0.6) is 5.75 Å². The van der Waals surface area contributed by atoms with Gasteiger partial charge in [-0.1, -0.05) is 0 Å². The molecule has 1 unspecified atom stereocenters. The summed E-state index contributed by atoms with van der Waals surface area (Å²) in [5.74, 6) is 0.297. The molecule has 0 amide bonds. The lowest BCUT2D eigenvalue weighted by Gasteiger charge is -2.42. The Balaban J connectivity index is 1.90. The van der Waals surface area contributed by atoms with Crippen LogP contribution in [0.15, 0.2) is 0 Å². The average Bonchev–Trinajstić information content (AvgIpc) is 2.74. The van der Waals surface area contributed by atoms with Crippen molar-refractivity contribution >= 4 is 17.4 Å². The zero-order valence-electron chi connectivity index (χ0n) is 12.0. The molecule has 21 heavy (non-hydrogen) atoms. The van der Waals surface area contributed by atoms with Crippen LogP contribution >= 0.6 is 11.5 Å². The van der Waals surface area contributed by atoms with Gasteiger partial charge in [0, 0.05) is 38.1 Å². The van der Waals surface area contributed by atoms with E-state index in [-0.39, 0.29) is 11.8 Å². The van der Waals surface area contributed by atoms with Crippen molar-refractivity contribution in [3.8, 4) is 5.75 Å². The van der Waals surface area contributed by atoms with Crippen LogP contribution in [0.3, 0.4) is 0 Å². The van der Waals surface area contributed by atoms with Crippen molar-refractivity contribution in [1.29, 1.82) is 0 Å². The van der Waals surface area contributed by atoms with Gasteiger partial charge in [-0.2, -0.15) is 17.5 Å². The van der Waals surface area contributed by atoms with Gasteiger partial charge < -0.3 is 9.64 Å². The molecular formula is C13H18F3N3OS. The number of hydrogen-bond acceptors (Lipinski definition) is 5. The van der Waals surface area contributed by atoms with Crippen molar-refractivity contribution in [3.05, 3.63) is 4.88 Å². The van der Waals surface area contributed by atoms with Crippen LogP contribution in [-0.4, -0.2) is 47.6 Å². The van der Waals surface area contributed by atoms with Crippen LogP contribution in [0.2, 0.25) is 0 Å². The molecule has 0 saturated carbocycles. The average molecular weight is 321 g/mol. The van der Waals surface area contributed by atoms with E-state index in [0.29, 0.717) is 36.5 Å². The topological polar surface area (TPSA) is 28.6 Å². The molecule has 118 valence electrons. The number of fused-ring (bicyclic) bond motifs is 3. The molecule has 0 radical (unpaired) electrons. The standard InChI is InChI=1S/C13H18F3N3OS/c1-8(2)18-4-5-19-9(7-18)3-6-20-10-11(13(14,15)16)21-17-12(10)19/h8-9H,3-7H2,1-2H3. The summed E-state index contributed by atoms with van der Waals surface area (Å²) in [6, 6.07) is 0.613. The summed E-state index contributed by atoms with van der Waals surface area (Å²) in [5, 5.41) is 0. The van der Waals surface area contributed by atoms with Gasteiger partial charge >= 0.3 is 6.18 Å². The minimum atomic E-state index is -4.40. The number of rotatable bonds is 1. The highest BCUT2D eigenvalue weighted by atomic mass is 32.1. The Morgan fingerprint density at radius 3 is 2.76 bits per heavy atom. The second kappa shape index (κ2) is 5.31. The van der Waals surface area contributed by atoms with Crippen LogP contribution < -0.4 is 9.64 Å². The maximum Gasteiger partial charge on any atom is 0.430 e. The SMILES string of the molecule is CC(C)N1CCN2c3nsc(C(F)(F)F)c3OCCC2C1. The minimum absolute atomic E-state index is 0.0759. The van der Waals surface area contributed by atoms with Gasteiger partial charge in [-0.3, -0.25) is 4.90 Å². The summed E-state index contributed by atoms with van der Waals surface area (Å²) in [6.45, 7) is 6.96. The fraction of sp³-hybridized carbons (Fsp3) is 0.769. The molecule has 1 saturated heterocycles. The lowest BCUT2D eigenvalue weighted by Crippen LogP contribution is -2.55. The summed E-state index contributed by atoms with van der Waals surface area (Å²) < 4.78 is 48.4. The molecule has 2 aliphatic rings. The Kier molecular flexibility index (Phi) is 3.77.